The summed E-state index contributed by atoms with van der Waals surface area (Å²) in [7, 11) is -9.92. The molecule has 94 heavy (non-hydrogen) atoms. The highest BCUT2D eigenvalue weighted by molar-refractivity contribution is 7.47. The summed E-state index contributed by atoms with van der Waals surface area (Å²) in [5, 5.41) is 10.6. The molecule has 2 unspecified atom stereocenters. The number of hydrogen-bond donors (Lipinski definition) is 3. The Morgan fingerprint density at radius 3 is 0.872 bits per heavy atom. The van der Waals surface area contributed by atoms with Crippen LogP contribution in [-0.2, 0) is 65.4 Å². The molecule has 19 heteroatoms. The third-order valence-corrected chi connectivity index (χ3v) is 18.7. The number of phosphoric acid groups is 2. The molecule has 0 amide bonds. The van der Waals surface area contributed by atoms with E-state index >= 15 is 0 Å². The van der Waals surface area contributed by atoms with E-state index in [0.717, 1.165) is 121 Å². The maximum atomic E-state index is 13.1. The number of hydrogen-bond acceptors (Lipinski definition) is 15. The second kappa shape index (κ2) is 66.4. The molecule has 0 aliphatic rings. The van der Waals surface area contributed by atoms with Gasteiger partial charge in [0, 0.05) is 25.7 Å². The summed E-state index contributed by atoms with van der Waals surface area (Å²) in [5.74, 6) is -0.600. The van der Waals surface area contributed by atoms with Gasteiger partial charge in [0.25, 0.3) is 0 Å². The average molecular weight is 1380 g/mol. The monoisotopic (exact) mass is 1380 g/mol. The lowest BCUT2D eigenvalue weighted by Gasteiger charge is -2.21. The van der Waals surface area contributed by atoms with Crippen molar-refractivity contribution in [2.24, 2.45) is 11.8 Å². The van der Waals surface area contributed by atoms with E-state index in [-0.39, 0.29) is 25.7 Å². The van der Waals surface area contributed by atoms with Crippen LogP contribution in [0.1, 0.15) is 363 Å². The van der Waals surface area contributed by atoms with Crippen LogP contribution < -0.4 is 0 Å². The van der Waals surface area contributed by atoms with Crippen LogP contribution in [0.15, 0.2) is 24.3 Å². The fourth-order valence-corrected chi connectivity index (χ4v) is 12.5. The van der Waals surface area contributed by atoms with Crippen molar-refractivity contribution < 1.29 is 80.2 Å². The van der Waals surface area contributed by atoms with Crippen molar-refractivity contribution >= 4 is 39.5 Å². The van der Waals surface area contributed by atoms with Gasteiger partial charge in [-0.2, -0.15) is 0 Å². The summed E-state index contributed by atoms with van der Waals surface area (Å²) in [4.78, 5) is 72.7. The van der Waals surface area contributed by atoms with E-state index in [1.807, 2.05) is 0 Å². The number of unbranched alkanes of at least 4 members (excludes halogenated alkanes) is 39. The van der Waals surface area contributed by atoms with E-state index in [1.165, 1.54) is 161 Å². The van der Waals surface area contributed by atoms with E-state index in [2.05, 4.69) is 65.8 Å². The lowest BCUT2D eigenvalue weighted by molar-refractivity contribution is -0.161. The first-order valence-electron chi connectivity index (χ1n) is 38.3. The predicted molar refractivity (Wildman–Crippen MR) is 381 cm³/mol. The molecule has 0 saturated heterocycles. The zero-order valence-corrected chi connectivity index (χ0v) is 62.5. The predicted octanol–water partition coefficient (Wildman–Crippen LogP) is 21.5. The van der Waals surface area contributed by atoms with Crippen molar-refractivity contribution in [3.8, 4) is 0 Å². The normalized spacial score (nSPS) is 14.2. The van der Waals surface area contributed by atoms with E-state index in [9.17, 15) is 43.2 Å². The van der Waals surface area contributed by atoms with Gasteiger partial charge in [0.15, 0.2) is 12.2 Å². The molecule has 0 aliphatic carbocycles. The van der Waals surface area contributed by atoms with Crippen LogP contribution in [0.25, 0.3) is 0 Å². The summed E-state index contributed by atoms with van der Waals surface area (Å²) in [6.45, 7) is 9.52. The van der Waals surface area contributed by atoms with Crippen LogP contribution in [0.4, 0.5) is 0 Å². The van der Waals surface area contributed by atoms with Crippen molar-refractivity contribution in [2.75, 3.05) is 39.6 Å². The van der Waals surface area contributed by atoms with Gasteiger partial charge < -0.3 is 33.8 Å². The first kappa shape index (κ1) is 91.5. The average Bonchev–Trinajstić information content (AvgIpc) is 1.55. The molecule has 0 fully saturated rings. The van der Waals surface area contributed by atoms with Gasteiger partial charge in [0.05, 0.1) is 26.4 Å². The van der Waals surface area contributed by atoms with Crippen molar-refractivity contribution in [3.63, 3.8) is 0 Å². The Morgan fingerprint density at radius 2 is 0.574 bits per heavy atom. The fourth-order valence-electron chi connectivity index (χ4n) is 10.9. The minimum absolute atomic E-state index is 0.100. The molecule has 554 valence electrons. The molecule has 0 radical (unpaired) electrons. The number of carbonyl (C=O) groups is 4. The molecule has 0 rings (SSSR count). The van der Waals surface area contributed by atoms with Crippen LogP contribution in [0.3, 0.4) is 0 Å². The van der Waals surface area contributed by atoms with Crippen LogP contribution in [0.5, 0.6) is 0 Å². The Balaban J connectivity index is 5.28. The summed E-state index contributed by atoms with van der Waals surface area (Å²) in [6, 6.07) is 0. The van der Waals surface area contributed by atoms with Crippen molar-refractivity contribution in [1.82, 2.24) is 0 Å². The molecule has 0 aromatic carbocycles. The van der Waals surface area contributed by atoms with Gasteiger partial charge in [0.1, 0.15) is 19.3 Å². The quantitative estimate of drug-likeness (QED) is 0.0169. The summed E-state index contributed by atoms with van der Waals surface area (Å²) in [5.41, 5.74) is 0. The third kappa shape index (κ3) is 68.1. The SMILES string of the molecule is CCCCCC/C=C\C=C/CCCCCCCC(=O)OC[C@H](COP(=O)(O)OC[C@@H](O)COP(=O)(O)OC[C@@H](COC(=O)CCCCCCCCCCC)OC(=O)CCCCCCCCCCCCCC(C)C)OC(=O)CCCCCCCCCCCCCCCC(C)C. The van der Waals surface area contributed by atoms with Crippen molar-refractivity contribution in [3.05, 3.63) is 24.3 Å². The van der Waals surface area contributed by atoms with Crippen LogP contribution >= 0.6 is 15.6 Å². The molecule has 0 aromatic rings. The van der Waals surface area contributed by atoms with Gasteiger partial charge in [-0.15, -0.1) is 0 Å². The molecule has 0 aromatic heterocycles. The van der Waals surface area contributed by atoms with Crippen LogP contribution in [0, 0.1) is 11.8 Å². The molecular weight excluding hydrogens is 1230 g/mol. The Bertz CT molecular complexity index is 1910. The van der Waals surface area contributed by atoms with Crippen LogP contribution in [-0.4, -0.2) is 96.7 Å². The Morgan fingerprint density at radius 1 is 0.330 bits per heavy atom. The zero-order chi connectivity index (χ0) is 69.3. The number of phosphoric ester groups is 2. The Kier molecular flexibility index (Phi) is 64.7. The minimum atomic E-state index is -4.96. The minimum Gasteiger partial charge on any atom is -0.462 e. The molecule has 0 aliphatic heterocycles. The molecule has 0 heterocycles. The number of esters is 4. The van der Waals surface area contributed by atoms with Crippen LogP contribution in [0.2, 0.25) is 0 Å². The standard InChI is InChI=1S/C75H142O17P2/c1-7-9-11-13-15-17-18-19-20-23-28-34-40-46-52-58-73(78)86-64-71(92-74(79)59-53-47-41-35-29-24-21-22-26-32-37-43-49-55-67(3)4)66-90-94(83,84)88-62-69(76)61-87-93(81,82)89-65-70(63-85-72(77)57-51-45-39-31-16-14-12-10-8-2)91-75(80)60-54-48-42-36-30-25-27-33-38-44-50-56-68(5)6/h17-20,67-71,76H,7-16,21-66H2,1-6H3,(H,81,82)(H,83,84)/b18-17-,20-19-/t69-,70+,71+/m0/s1. The van der Waals surface area contributed by atoms with E-state index in [1.54, 1.807) is 0 Å². The highest BCUT2D eigenvalue weighted by Gasteiger charge is 2.30. The Labute approximate surface area is 573 Å². The van der Waals surface area contributed by atoms with E-state index < -0.39 is 97.5 Å². The summed E-state index contributed by atoms with van der Waals surface area (Å²) >= 11 is 0. The van der Waals surface area contributed by atoms with Crippen molar-refractivity contribution in [1.29, 1.82) is 0 Å². The number of rotatable bonds is 72. The number of ether oxygens (including phenoxy) is 4. The maximum Gasteiger partial charge on any atom is 0.472 e. The smallest absolute Gasteiger partial charge is 0.462 e. The molecular formula is C75H142O17P2. The second-order valence-corrected chi connectivity index (χ2v) is 30.2. The van der Waals surface area contributed by atoms with E-state index in [0.29, 0.717) is 25.7 Å². The highest BCUT2D eigenvalue weighted by atomic mass is 31.2. The van der Waals surface area contributed by atoms with Gasteiger partial charge in [-0.3, -0.25) is 37.3 Å². The van der Waals surface area contributed by atoms with Crippen molar-refractivity contribution in [2.45, 2.75) is 381 Å². The lowest BCUT2D eigenvalue weighted by atomic mass is 10.0. The third-order valence-electron chi connectivity index (χ3n) is 16.8. The summed E-state index contributed by atoms with van der Waals surface area (Å²) in [6.07, 6.45) is 56.2. The topological polar surface area (TPSA) is 237 Å². The van der Waals surface area contributed by atoms with E-state index in [4.69, 9.17) is 37.0 Å². The second-order valence-electron chi connectivity index (χ2n) is 27.3. The maximum absolute atomic E-state index is 13.1. The molecule has 0 bridgehead atoms. The first-order valence-corrected chi connectivity index (χ1v) is 41.3. The molecule has 0 spiro atoms. The van der Waals surface area contributed by atoms with Gasteiger partial charge in [0.2, 0.25) is 0 Å². The number of aliphatic hydroxyl groups is 1. The number of carbonyl (C=O) groups excluding carboxylic acids is 4. The lowest BCUT2D eigenvalue weighted by Crippen LogP contribution is -2.30. The molecule has 0 saturated carbocycles. The van der Waals surface area contributed by atoms with Gasteiger partial charge in [-0.05, 0) is 63.2 Å². The molecule has 3 N–H and O–H groups in total. The van der Waals surface area contributed by atoms with Gasteiger partial charge >= 0.3 is 39.5 Å². The fraction of sp³-hybridized carbons (Fsp3) is 0.893. The number of aliphatic hydroxyl groups excluding tert-OH is 1. The van der Waals surface area contributed by atoms with Gasteiger partial charge in [-0.1, -0.05) is 310 Å². The largest absolute Gasteiger partial charge is 0.472 e. The first-order chi connectivity index (χ1) is 45.4. The summed E-state index contributed by atoms with van der Waals surface area (Å²) < 4.78 is 68.4. The Hall–Kier alpha value is -2.46. The molecule has 17 nitrogen and oxygen atoms in total. The van der Waals surface area contributed by atoms with Gasteiger partial charge in [-0.25, -0.2) is 9.13 Å². The zero-order valence-electron chi connectivity index (χ0n) is 60.7. The molecule has 5 atom stereocenters. The number of allylic oxidation sites excluding steroid dienone is 4. The highest BCUT2D eigenvalue weighted by Crippen LogP contribution is 2.45.